The van der Waals surface area contributed by atoms with Crippen LogP contribution in [0.5, 0.6) is 11.5 Å². The highest BCUT2D eigenvalue weighted by atomic mass is 16.5. The summed E-state index contributed by atoms with van der Waals surface area (Å²) in [6.45, 7) is 15.1. The van der Waals surface area contributed by atoms with Crippen LogP contribution in [0.25, 0.3) is 0 Å². The first-order chi connectivity index (χ1) is 38.1. The summed E-state index contributed by atoms with van der Waals surface area (Å²) >= 11 is 0. The van der Waals surface area contributed by atoms with Gasteiger partial charge in [0.1, 0.15) is 47.9 Å². The number of hydrogen-bond acceptors (Lipinski definition) is 10. The molecular formula is C64H82N8O8. The maximum absolute atomic E-state index is 14.7. The molecule has 426 valence electrons. The van der Waals surface area contributed by atoms with Crippen molar-refractivity contribution in [3.05, 3.63) is 130 Å². The molecule has 0 spiro atoms. The summed E-state index contributed by atoms with van der Waals surface area (Å²) < 4.78 is 13.2. The highest BCUT2D eigenvalue weighted by molar-refractivity contribution is 5.95. The Morgan fingerprint density at radius 3 is 1.31 bits per heavy atom. The van der Waals surface area contributed by atoms with Crippen LogP contribution in [0.15, 0.2) is 97.1 Å². The summed E-state index contributed by atoms with van der Waals surface area (Å²) in [4.78, 5) is 88.0. The van der Waals surface area contributed by atoms with E-state index in [0.29, 0.717) is 22.6 Å². The molecule has 0 unspecified atom stereocenters. The van der Waals surface area contributed by atoms with Crippen LogP contribution in [-0.4, -0.2) is 121 Å². The minimum Gasteiger partial charge on any atom is -0.488 e. The van der Waals surface area contributed by atoms with E-state index in [1.54, 1.807) is 37.7 Å². The van der Waals surface area contributed by atoms with Crippen LogP contribution in [0, 0.1) is 22.7 Å². The van der Waals surface area contributed by atoms with E-state index in [-0.39, 0.29) is 73.5 Å². The standard InChI is InChI=1S/C64H82N8O8/c1-39(65-9)57(73)69-55(63(3,4)5)61(77)71-37-47(35-53(71)59(75)67-51-29-17-23-43-21-11-13-27-49(43)51)79-45-25-15-19-41(33-45)31-32-42-20-16-26-46(34-42)80-48-36-54(60(76)68-52-30-18-24-44-22-12-14-28-50(44)52)72(38-48)62(78)56(64(6,7)8)70-58(74)40(2)66-10/h11-16,19-22,25-28,33-34,39-40,47-48,51-56,65-66H,17-18,23-24,29-30,35-38H2,1-10H3,(H,67,75)(H,68,76)(H,69,73)(H,70,74)/t39-,40-,47-,48-,51+,52+,53-,54-,55+,56+/m0/s1. The third kappa shape index (κ3) is 14.2. The van der Waals surface area contributed by atoms with Gasteiger partial charge in [-0.3, -0.25) is 28.8 Å². The van der Waals surface area contributed by atoms with Gasteiger partial charge in [0.15, 0.2) is 0 Å². The van der Waals surface area contributed by atoms with Crippen molar-refractivity contribution < 1.29 is 38.2 Å². The minimum atomic E-state index is -0.914. The lowest BCUT2D eigenvalue weighted by molar-refractivity contribution is -0.144. The average molecular weight is 1090 g/mol. The summed E-state index contributed by atoms with van der Waals surface area (Å²) in [5, 5.41) is 18.4. The number of amides is 6. The zero-order valence-electron chi connectivity index (χ0n) is 48.2. The van der Waals surface area contributed by atoms with Crippen molar-refractivity contribution in [1.29, 1.82) is 0 Å². The van der Waals surface area contributed by atoms with Gasteiger partial charge in [0.2, 0.25) is 35.4 Å². The van der Waals surface area contributed by atoms with Gasteiger partial charge in [0.25, 0.3) is 0 Å². The third-order valence-corrected chi connectivity index (χ3v) is 16.1. The van der Waals surface area contributed by atoms with E-state index in [2.05, 4.69) is 68.0 Å². The normalized spacial score (nSPS) is 22.2. The van der Waals surface area contributed by atoms with Crippen LogP contribution < -0.4 is 41.4 Å². The van der Waals surface area contributed by atoms with Gasteiger partial charge in [-0.1, -0.05) is 114 Å². The van der Waals surface area contributed by atoms with Gasteiger partial charge >= 0.3 is 0 Å². The Bertz CT molecular complexity index is 2780. The molecular weight excluding hydrogens is 1010 g/mol. The molecule has 4 aromatic rings. The number of carbonyl (C=O) groups excluding carboxylic acids is 6. The van der Waals surface area contributed by atoms with Crippen molar-refractivity contribution in [2.24, 2.45) is 10.8 Å². The Labute approximate surface area is 472 Å². The topological polar surface area (TPSA) is 200 Å². The molecule has 2 aliphatic heterocycles. The first-order valence-corrected chi connectivity index (χ1v) is 28.5. The number of rotatable bonds is 16. The lowest BCUT2D eigenvalue weighted by Crippen LogP contribution is -2.59. The first-order valence-electron chi connectivity index (χ1n) is 28.5. The van der Waals surface area contributed by atoms with Gasteiger partial charge in [-0.25, -0.2) is 0 Å². The highest BCUT2D eigenvalue weighted by Gasteiger charge is 2.48. The lowest BCUT2D eigenvalue weighted by Gasteiger charge is -2.36. The van der Waals surface area contributed by atoms with Crippen molar-refractivity contribution in [3.63, 3.8) is 0 Å². The molecule has 8 rings (SSSR count). The zero-order valence-corrected chi connectivity index (χ0v) is 48.2. The van der Waals surface area contributed by atoms with Gasteiger partial charge in [-0.05, 0) is 136 Å². The average Bonchev–Trinajstić information content (AvgIpc) is 4.09. The summed E-state index contributed by atoms with van der Waals surface area (Å²) in [5.41, 5.74) is 4.59. The molecule has 4 aliphatic rings. The smallest absolute Gasteiger partial charge is 0.246 e. The second-order valence-electron chi connectivity index (χ2n) is 24.2. The predicted octanol–water partition coefficient (Wildman–Crippen LogP) is 6.45. The molecule has 10 atom stereocenters. The number of aryl methyl sites for hydroxylation is 2. The summed E-state index contributed by atoms with van der Waals surface area (Å²) in [7, 11) is 3.37. The Morgan fingerprint density at radius 1 is 0.550 bits per heavy atom. The number of benzene rings is 4. The predicted molar refractivity (Wildman–Crippen MR) is 308 cm³/mol. The number of fused-ring (bicyclic) bond motifs is 2. The highest BCUT2D eigenvalue weighted by Crippen LogP contribution is 2.35. The van der Waals surface area contributed by atoms with Crippen LogP contribution in [0.2, 0.25) is 0 Å². The molecule has 4 aromatic carbocycles. The van der Waals surface area contributed by atoms with Crippen LogP contribution in [0.1, 0.15) is 139 Å². The second-order valence-corrected chi connectivity index (χ2v) is 24.2. The van der Waals surface area contributed by atoms with Gasteiger partial charge in [0.05, 0.1) is 37.3 Å². The first kappa shape index (κ1) is 58.9. The molecule has 16 nitrogen and oxygen atoms in total. The molecule has 0 bridgehead atoms. The maximum atomic E-state index is 14.7. The summed E-state index contributed by atoms with van der Waals surface area (Å²) in [5.74, 6) is 5.69. The Balaban J connectivity index is 0.982. The molecule has 0 aromatic heterocycles. The molecule has 2 aliphatic carbocycles. The van der Waals surface area contributed by atoms with Gasteiger partial charge < -0.3 is 51.2 Å². The second kappa shape index (κ2) is 25.5. The molecule has 6 amide bonds. The monoisotopic (exact) mass is 1090 g/mol. The molecule has 0 radical (unpaired) electrons. The largest absolute Gasteiger partial charge is 0.488 e. The number of carbonyl (C=O) groups is 6. The molecule has 2 fully saturated rings. The van der Waals surface area contributed by atoms with Gasteiger partial charge in [0, 0.05) is 24.0 Å². The molecule has 2 saturated heterocycles. The van der Waals surface area contributed by atoms with Crippen molar-refractivity contribution in [3.8, 4) is 23.3 Å². The van der Waals surface area contributed by atoms with E-state index in [1.807, 2.05) is 114 Å². The lowest BCUT2D eigenvalue weighted by atomic mass is 9.85. The minimum absolute atomic E-state index is 0.127. The van der Waals surface area contributed by atoms with Crippen LogP contribution in [0.3, 0.4) is 0 Å². The number of likely N-dealkylation sites (N-methyl/N-ethyl adjacent to an activating group) is 2. The van der Waals surface area contributed by atoms with E-state index in [9.17, 15) is 28.8 Å². The molecule has 2 heterocycles. The number of ether oxygens (including phenoxy) is 2. The van der Waals surface area contributed by atoms with Crippen molar-refractivity contribution >= 4 is 35.4 Å². The SMILES string of the molecule is CN[C@@H](C)C(=O)N[C@H](C(=O)N1C[C@@H](Oc2cccc(C#Cc3cccc(O[C@H]4C[C@@H](C(=O)N[C@@H]5CCCc6ccccc65)N(C(=O)[C@@H](NC(=O)[C@H](C)NC)C(C)(C)C)C4)c3)c2)C[C@H]1C(=O)N[C@@H]1CCCc2ccccc21)C(C)(C)C. The quantitative estimate of drug-likeness (QED) is 0.0679. The van der Waals surface area contributed by atoms with E-state index in [1.165, 1.54) is 11.1 Å². The summed E-state index contributed by atoms with van der Waals surface area (Å²) in [6.07, 6.45) is 4.71. The van der Waals surface area contributed by atoms with E-state index in [4.69, 9.17) is 9.47 Å². The fourth-order valence-corrected chi connectivity index (χ4v) is 11.3. The third-order valence-electron chi connectivity index (χ3n) is 16.1. The van der Waals surface area contributed by atoms with Crippen LogP contribution in [-0.2, 0) is 41.6 Å². The number of nitrogens with one attached hydrogen (secondary N) is 6. The Hall–Kier alpha value is -7.22. The number of hydrogen-bond donors (Lipinski definition) is 6. The molecule has 0 saturated carbocycles. The van der Waals surface area contributed by atoms with E-state index < -0.39 is 59.3 Å². The molecule has 80 heavy (non-hydrogen) atoms. The maximum Gasteiger partial charge on any atom is 0.246 e. The van der Waals surface area contributed by atoms with Crippen molar-refractivity contribution in [2.75, 3.05) is 27.2 Å². The fraction of sp³-hybridized carbons (Fsp3) is 0.500. The van der Waals surface area contributed by atoms with Crippen molar-refractivity contribution in [1.82, 2.24) is 41.7 Å². The molecule has 6 N–H and O–H groups in total. The molecule has 16 heteroatoms. The summed E-state index contributed by atoms with van der Waals surface area (Å²) in [6, 6.07) is 26.1. The van der Waals surface area contributed by atoms with Gasteiger partial charge in [-0.15, -0.1) is 0 Å². The van der Waals surface area contributed by atoms with E-state index >= 15 is 0 Å². The van der Waals surface area contributed by atoms with E-state index in [0.717, 1.165) is 49.7 Å². The Kier molecular flexibility index (Phi) is 18.8. The van der Waals surface area contributed by atoms with Crippen molar-refractivity contribution in [2.45, 2.75) is 167 Å². The fourth-order valence-electron chi connectivity index (χ4n) is 11.3. The van der Waals surface area contributed by atoms with Crippen LogP contribution >= 0.6 is 0 Å². The van der Waals surface area contributed by atoms with Gasteiger partial charge in [-0.2, -0.15) is 0 Å². The number of nitrogens with zero attached hydrogens (tertiary/aromatic N) is 2. The number of likely N-dealkylation sites (tertiary alicyclic amines) is 2. The van der Waals surface area contributed by atoms with Crippen LogP contribution in [0.4, 0.5) is 0 Å². The zero-order chi connectivity index (χ0) is 57.5. The Morgan fingerprint density at radius 2 is 0.938 bits per heavy atom.